The molecule has 102 valence electrons. The first kappa shape index (κ1) is 15.0. The smallest absolute Gasteiger partial charge is 0.123 e. The minimum atomic E-state index is 0.252. The minimum Gasteiger partial charge on any atom is -0.494 e. The molecule has 0 bridgehead atoms. The van der Waals surface area contributed by atoms with Crippen LogP contribution in [0, 0.1) is 6.92 Å². The molecule has 0 heterocycles. The molecule has 0 fully saturated rings. The van der Waals surface area contributed by atoms with Gasteiger partial charge in [-0.1, -0.05) is 26.8 Å². The molecule has 0 aliphatic carbocycles. The summed E-state index contributed by atoms with van der Waals surface area (Å²) in [4.78, 5) is 0. The van der Waals surface area contributed by atoms with Crippen LogP contribution >= 0.6 is 0 Å². The molecule has 1 aromatic rings. The van der Waals surface area contributed by atoms with Gasteiger partial charge in [0.15, 0.2) is 0 Å². The molecule has 2 N–H and O–H groups in total. The van der Waals surface area contributed by atoms with E-state index in [-0.39, 0.29) is 6.04 Å². The van der Waals surface area contributed by atoms with Crippen molar-refractivity contribution in [3.05, 3.63) is 28.8 Å². The number of aryl methyl sites for hydroxylation is 1. The quantitative estimate of drug-likeness (QED) is 0.832. The molecule has 0 amide bonds. The van der Waals surface area contributed by atoms with Gasteiger partial charge in [-0.05, 0) is 55.4 Å². The van der Waals surface area contributed by atoms with Crippen molar-refractivity contribution in [3.8, 4) is 5.75 Å². The monoisotopic (exact) mass is 249 g/mol. The van der Waals surface area contributed by atoms with E-state index in [2.05, 4.69) is 39.8 Å². The largest absolute Gasteiger partial charge is 0.494 e. The number of ether oxygens (including phenoxy) is 1. The number of nitrogens with two attached hydrogens (primary N) is 1. The fourth-order valence-corrected chi connectivity index (χ4v) is 2.12. The van der Waals surface area contributed by atoms with Gasteiger partial charge in [0.1, 0.15) is 5.75 Å². The third-order valence-corrected chi connectivity index (χ3v) is 3.40. The van der Waals surface area contributed by atoms with E-state index >= 15 is 0 Å². The molecular formula is C16H27NO. The van der Waals surface area contributed by atoms with Gasteiger partial charge in [0.25, 0.3) is 0 Å². The lowest BCUT2D eigenvalue weighted by Gasteiger charge is -2.18. The zero-order chi connectivity index (χ0) is 13.7. The predicted octanol–water partition coefficient (Wildman–Crippen LogP) is 3.80. The molecule has 0 saturated carbocycles. The van der Waals surface area contributed by atoms with Crippen molar-refractivity contribution < 1.29 is 4.74 Å². The van der Waals surface area contributed by atoms with E-state index in [1.807, 2.05) is 6.92 Å². The first-order valence-electron chi connectivity index (χ1n) is 7.01. The zero-order valence-corrected chi connectivity index (χ0v) is 12.4. The van der Waals surface area contributed by atoms with E-state index in [1.54, 1.807) is 0 Å². The highest BCUT2D eigenvalue weighted by Gasteiger charge is 2.13. The van der Waals surface area contributed by atoms with Crippen LogP contribution < -0.4 is 10.5 Å². The summed E-state index contributed by atoms with van der Waals surface area (Å²) < 4.78 is 5.73. The Labute approximate surface area is 112 Å². The average Bonchev–Trinajstić information content (AvgIpc) is 2.32. The van der Waals surface area contributed by atoms with Gasteiger partial charge in [-0.2, -0.15) is 0 Å². The maximum Gasteiger partial charge on any atom is 0.123 e. The zero-order valence-electron chi connectivity index (χ0n) is 12.4. The van der Waals surface area contributed by atoms with Crippen molar-refractivity contribution in [1.82, 2.24) is 0 Å². The van der Waals surface area contributed by atoms with Crippen LogP contribution in [0.1, 0.15) is 56.7 Å². The van der Waals surface area contributed by atoms with Crippen molar-refractivity contribution >= 4 is 0 Å². The fraction of sp³-hybridized carbons (Fsp3) is 0.625. The molecule has 0 saturated heterocycles. The first-order chi connectivity index (χ1) is 8.49. The van der Waals surface area contributed by atoms with Crippen LogP contribution in [0.25, 0.3) is 0 Å². The molecule has 0 radical (unpaired) electrons. The van der Waals surface area contributed by atoms with Gasteiger partial charge in [-0.15, -0.1) is 0 Å². The van der Waals surface area contributed by atoms with Crippen LogP contribution in [-0.4, -0.2) is 12.6 Å². The lowest BCUT2D eigenvalue weighted by atomic mass is 9.93. The van der Waals surface area contributed by atoms with Crippen molar-refractivity contribution in [3.63, 3.8) is 0 Å². The highest BCUT2D eigenvalue weighted by Crippen LogP contribution is 2.30. The molecule has 1 unspecified atom stereocenters. The van der Waals surface area contributed by atoms with E-state index in [0.29, 0.717) is 12.5 Å². The van der Waals surface area contributed by atoms with Crippen LogP contribution in [0.15, 0.2) is 12.1 Å². The summed E-state index contributed by atoms with van der Waals surface area (Å²) in [7, 11) is 0. The Morgan fingerprint density at radius 2 is 1.89 bits per heavy atom. The number of benzene rings is 1. The Balaban J connectivity index is 3.10. The lowest BCUT2D eigenvalue weighted by molar-refractivity contribution is 0.335. The molecule has 0 aliphatic heterocycles. The van der Waals surface area contributed by atoms with Crippen LogP contribution in [0.3, 0.4) is 0 Å². The van der Waals surface area contributed by atoms with Gasteiger partial charge in [0.05, 0.1) is 6.61 Å². The second-order valence-electron chi connectivity index (χ2n) is 5.28. The standard InChI is InChI=1S/C16H27NO/c1-6-14(17)9-13-10-15(11(3)4)16(18-7-2)8-12(13)5/h8,10-11,14H,6-7,9,17H2,1-5H3. The van der Waals surface area contributed by atoms with Gasteiger partial charge >= 0.3 is 0 Å². The van der Waals surface area contributed by atoms with Gasteiger partial charge in [-0.25, -0.2) is 0 Å². The van der Waals surface area contributed by atoms with E-state index < -0.39 is 0 Å². The topological polar surface area (TPSA) is 35.2 Å². The van der Waals surface area contributed by atoms with Gasteiger partial charge < -0.3 is 10.5 Å². The van der Waals surface area contributed by atoms with Crippen molar-refractivity contribution in [2.45, 2.75) is 59.4 Å². The normalized spacial score (nSPS) is 12.8. The van der Waals surface area contributed by atoms with Gasteiger partial charge in [0.2, 0.25) is 0 Å². The molecule has 0 aliphatic rings. The second-order valence-corrected chi connectivity index (χ2v) is 5.28. The molecule has 18 heavy (non-hydrogen) atoms. The Kier molecular flexibility index (Phi) is 5.67. The van der Waals surface area contributed by atoms with Crippen molar-refractivity contribution in [1.29, 1.82) is 0 Å². The first-order valence-corrected chi connectivity index (χ1v) is 7.01. The number of hydrogen-bond acceptors (Lipinski definition) is 2. The summed E-state index contributed by atoms with van der Waals surface area (Å²) in [6.07, 6.45) is 1.97. The SMILES string of the molecule is CCOc1cc(C)c(CC(N)CC)cc1C(C)C. The maximum absolute atomic E-state index is 6.07. The summed E-state index contributed by atoms with van der Waals surface area (Å²) in [5, 5.41) is 0. The summed E-state index contributed by atoms with van der Waals surface area (Å²) in [5.41, 5.74) is 10.00. The Bertz CT molecular complexity index is 385. The average molecular weight is 249 g/mol. The Morgan fingerprint density at radius 3 is 2.39 bits per heavy atom. The second kappa shape index (κ2) is 6.79. The third-order valence-electron chi connectivity index (χ3n) is 3.40. The molecule has 1 rings (SSSR count). The molecule has 0 aromatic heterocycles. The molecule has 0 spiro atoms. The van der Waals surface area contributed by atoms with Crippen LogP contribution in [0.4, 0.5) is 0 Å². The fourth-order valence-electron chi connectivity index (χ4n) is 2.12. The van der Waals surface area contributed by atoms with Crippen LogP contribution in [0.5, 0.6) is 5.75 Å². The molecule has 2 heteroatoms. The van der Waals surface area contributed by atoms with E-state index in [1.165, 1.54) is 16.7 Å². The van der Waals surface area contributed by atoms with Crippen molar-refractivity contribution in [2.75, 3.05) is 6.61 Å². The van der Waals surface area contributed by atoms with Gasteiger partial charge in [0, 0.05) is 6.04 Å². The van der Waals surface area contributed by atoms with E-state index in [9.17, 15) is 0 Å². The van der Waals surface area contributed by atoms with Crippen molar-refractivity contribution in [2.24, 2.45) is 5.73 Å². The number of hydrogen-bond donors (Lipinski definition) is 1. The predicted molar refractivity (Wildman–Crippen MR) is 78.4 cm³/mol. The molecule has 1 aromatic carbocycles. The van der Waals surface area contributed by atoms with Gasteiger partial charge in [-0.3, -0.25) is 0 Å². The Hall–Kier alpha value is -1.02. The summed E-state index contributed by atoms with van der Waals surface area (Å²) in [6, 6.07) is 4.69. The minimum absolute atomic E-state index is 0.252. The highest BCUT2D eigenvalue weighted by molar-refractivity contribution is 5.44. The molecular weight excluding hydrogens is 222 g/mol. The maximum atomic E-state index is 6.07. The molecule has 2 nitrogen and oxygen atoms in total. The summed E-state index contributed by atoms with van der Waals surface area (Å²) in [5.74, 6) is 1.50. The molecule has 1 atom stereocenters. The lowest BCUT2D eigenvalue weighted by Crippen LogP contribution is -2.22. The number of rotatable bonds is 6. The van der Waals surface area contributed by atoms with Crippen LogP contribution in [-0.2, 0) is 6.42 Å². The van der Waals surface area contributed by atoms with E-state index in [0.717, 1.165) is 18.6 Å². The highest BCUT2D eigenvalue weighted by atomic mass is 16.5. The summed E-state index contributed by atoms with van der Waals surface area (Å²) >= 11 is 0. The van der Waals surface area contributed by atoms with Crippen LogP contribution in [0.2, 0.25) is 0 Å². The Morgan fingerprint density at radius 1 is 1.22 bits per heavy atom. The summed E-state index contributed by atoms with van der Waals surface area (Å²) in [6.45, 7) is 11.4. The van der Waals surface area contributed by atoms with E-state index in [4.69, 9.17) is 10.5 Å². The third kappa shape index (κ3) is 3.74.